The maximum Gasteiger partial charge on any atom is 0.400 e. The van der Waals surface area contributed by atoms with Gasteiger partial charge in [-0.15, -0.1) is 6.58 Å². The van der Waals surface area contributed by atoms with E-state index >= 15 is 0 Å². The predicted molar refractivity (Wildman–Crippen MR) is 41.7 cm³/mol. The van der Waals surface area contributed by atoms with E-state index < -0.39 is 10.4 Å². The Morgan fingerprint density at radius 1 is 1.33 bits per heavy atom. The first-order valence-electron chi connectivity index (χ1n) is 3.20. The van der Waals surface area contributed by atoms with Crippen molar-refractivity contribution in [3.05, 3.63) is 12.7 Å². The van der Waals surface area contributed by atoms with Crippen LogP contribution in [-0.2, 0) is 23.6 Å². The molecule has 0 radical (unpaired) electrons. The van der Waals surface area contributed by atoms with Crippen LogP contribution in [0, 0.1) is 0 Å². The first kappa shape index (κ1) is 11.3. The third kappa shape index (κ3) is 6.02. The molecule has 0 unspecified atom stereocenters. The highest BCUT2D eigenvalue weighted by atomic mass is 32.3. The Labute approximate surface area is 71.3 Å². The lowest BCUT2D eigenvalue weighted by molar-refractivity contribution is -0.108. The van der Waals surface area contributed by atoms with Crippen LogP contribution in [0.25, 0.3) is 0 Å². The van der Waals surface area contributed by atoms with Gasteiger partial charge in [0.25, 0.3) is 0 Å². The van der Waals surface area contributed by atoms with Crippen LogP contribution in [0.5, 0.6) is 0 Å². The summed E-state index contributed by atoms with van der Waals surface area (Å²) in [6, 6.07) is 0. The summed E-state index contributed by atoms with van der Waals surface area (Å²) >= 11 is 0. The first-order chi connectivity index (χ1) is 5.62. The van der Waals surface area contributed by atoms with Crippen molar-refractivity contribution in [2.24, 2.45) is 0 Å². The maximum atomic E-state index is 10.7. The minimum absolute atomic E-state index is 0.0245. The van der Waals surface area contributed by atoms with Crippen LogP contribution in [-0.4, -0.2) is 27.9 Å². The first-order valence-corrected chi connectivity index (χ1v) is 4.54. The molecule has 0 atom stereocenters. The molecule has 0 heterocycles. The molecule has 0 saturated carbocycles. The average molecular weight is 194 g/mol. The van der Waals surface area contributed by atoms with Gasteiger partial charge in [-0.2, -0.15) is 8.42 Å². The van der Waals surface area contributed by atoms with Crippen molar-refractivity contribution >= 4 is 16.7 Å². The van der Waals surface area contributed by atoms with Gasteiger partial charge in [0.2, 0.25) is 0 Å². The van der Waals surface area contributed by atoms with Crippen molar-refractivity contribution in [3.63, 3.8) is 0 Å². The van der Waals surface area contributed by atoms with Crippen molar-refractivity contribution in [2.75, 3.05) is 13.2 Å². The van der Waals surface area contributed by atoms with Gasteiger partial charge in [0.15, 0.2) is 0 Å². The molecule has 0 aliphatic heterocycles. The third-order valence-corrected chi connectivity index (χ3v) is 1.67. The lowest BCUT2D eigenvalue weighted by Crippen LogP contribution is -2.11. The van der Waals surface area contributed by atoms with E-state index in [1.807, 2.05) is 0 Å². The van der Waals surface area contributed by atoms with Crippen molar-refractivity contribution in [1.82, 2.24) is 0 Å². The molecular formula is C6H10O5S. The molecule has 0 N–H and O–H groups in total. The Morgan fingerprint density at radius 2 is 2.00 bits per heavy atom. The minimum Gasteiger partial charge on any atom is -0.303 e. The summed E-state index contributed by atoms with van der Waals surface area (Å²) in [5.74, 6) is 0. The summed E-state index contributed by atoms with van der Waals surface area (Å²) in [6.07, 6.45) is 1.86. The number of hydrogen-bond donors (Lipinski definition) is 0. The maximum absolute atomic E-state index is 10.7. The van der Waals surface area contributed by atoms with E-state index in [4.69, 9.17) is 0 Å². The van der Waals surface area contributed by atoms with Gasteiger partial charge in [-0.25, -0.2) is 8.37 Å². The molecule has 0 fully saturated rings. The summed E-state index contributed by atoms with van der Waals surface area (Å²) < 4.78 is 29.8. The summed E-state index contributed by atoms with van der Waals surface area (Å²) in [4.78, 5) is 9.77. The van der Waals surface area contributed by atoms with Crippen LogP contribution < -0.4 is 0 Å². The molecule has 12 heavy (non-hydrogen) atoms. The number of hydrogen-bond acceptors (Lipinski definition) is 5. The van der Waals surface area contributed by atoms with Crippen molar-refractivity contribution in [2.45, 2.75) is 6.42 Å². The Morgan fingerprint density at radius 3 is 2.50 bits per heavy atom. The second-order valence-electron chi connectivity index (χ2n) is 1.76. The number of carbonyl (C=O) groups excluding carboxylic acids is 1. The van der Waals surface area contributed by atoms with Gasteiger partial charge in [-0.05, 0) is 0 Å². The van der Waals surface area contributed by atoms with Gasteiger partial charge in [0.05, 0.1) is 13.2 Å². The van der Waals surface area contributed by atoms with E-state index in [-0.39, 0.29) is 19.6 Å². The smallest absolute Gasteiger partial charge is 0.303 e. The lowest BCUT2D eigenvalue weighted by atomic mass is 10.5. The molecule has 0 aliphatic rings. The summed E-state index contributed by atoms with van der Waals surface area (Å²) in [7, 11) is -3.95. The van der Waals surface area contributed by atoms with Crippen molar-refractivity contribution < 1.29 is 21.6 Å². The average Bonchev–Trinajstić information content (AvgIpc) is 2.01. The van der Waals surface area contributed by atoms with E-state index in [0.29, 0.717) is 6.29 Å². The van der Waals surface area contributed by atoms with Crippen LogP contribution in [0.2, 0.25) is 0 Å². The second-order valence-corrected chi connectivity index (χ2v) is 3.05. The monoisotopic (exact) mass is 194 g/mol. The summed E-state index contributed by atoms with van der Waals surface area (Å²) in [5.41, 5.74) is 0. The van der Waals surface area contributed by atoms with Gasteiger partial charge in [-0.3, -0.25) is 0 Å². The Hall–Kier alpha value is -0.720. The normalized spacial score (nSPS) is 11.0. The molecule has 0 bridgehead atoms. The van der Waals surface area contributed by atoms with Gasteiger partial charge >= 0.3 is 10.4 Å². The lowest BCUT2D eigenvalue weighted by Gasteiger charge is -2.01. The fraction of sp³-hybridized carbons (Fsp3) is 0.500. The fourth-order valence-electron chi connectivity index (χ4n) is 0.364. The predicted octanol–water partition coefficient (Wildman–Crippen LogP) is 0.0394. The Bertz CT molecular complexity index is 230. The zero-order valence-corrected chi connectivity index (χ0v) is 7.25. The fourth-order valence-corrected chi connectivity index (χ4v) is 0.995. The van der Waals surface area contributed by atoms with Gasteiger partial charge in [-0.1, -0.05) is 6.08 Å². The molecule has 0 aromatic carbocycles. The molecule has 0 saturated heterocycles. The molecule has 6 heteroatoms. The zero-order valence-electron chi connectivity index (χ0n) is 6.43. The van der Waals surface area contributed by atoms with Crippen LogP contribution in [0.4, 0.5) is 0 Å². The number of aldehydes is 1. The molecule has 0 aromatic rings. The molecule has 0 rings (SSSR count). The quantitative estimate of drug-likeness (QED) is 0.325. The molecule has 0 aromatic heterocycles. The van der Waals surface area contributed by atoms with E-state index in [1.165, 1.54) is 6.08 Å². The highest BCUT2D eigenvalue weighted by Gasteiger charge is 2.09. The summed E-state index contributed by atoms with van der Waals surface area (Å²) in [5, 5.41) is 0. The second kappa shape index (κ2) is 5.87. The van der Waals surface area contributed by atoms with Crippen LogP contribution >= 0.6 is 0 Å². The zero-order chi connectivity index (χ0) is 9.45. The van der Waals surface area contributed by atoms with Crippen LogP contribution in [0.1, 0.15) is 6.42 Å². The van der Waals surface area contributed by atoms with Crippen molar-refractivity contribution in [1.29, 1.82) is 0 Å². The van der Waals surface area contributed by atoms with Crippen LogP contribution in [0.3, 0.4) is 0 Å². The molecule has 70 valence electrons. The molecule has 0 amide bonds. The van der Waals surface area contributed by atoms with E-state index in [1.54, 1.807) is 0 Å². The van der Waals surface area contributed by atoms with Gasteiger partial charge in [0, 0.05) is 6.42 Å². The number of rotatable bonds is 7. The van der Waals surface area contributed by atoms with E-state index in [9.17, 15) is 13.2 Å². The van der Waals surface area contributed by atoms with Crippen LogP contribution in [0.15, 0.2) is 12.7 Å². The molecule has 5 nitrogen and oxygen atoms in total. The standard InChI is InChI=1S/C6H10O5S/c1-2-5-10-12(8,9)11-6-3-4-7/h2,4H,1,3,5-6H2. The highest BCUT2D eigenvalue weighted by Crippen LogP contribution is 1.95. The SMILES string of the molecule is C=CCOS(=O)(=O)OCCC=O. The Kier molecular flexibility index (Phi) is 5.52. The van der Waals surface area contributed by atoms with Crippen molar-refractivity contribution in [3.8, 4) is 0 Å². The molecular weight excluding hydrogens is 184 g/mol. The third-order valence-electron chi connectivity index (χ3n) is 0.794. The highest BCUT2D eigenvalue weighted by molar-refractivity contribution is 7.81. The minimum atomic E-state index is -3.95. The van der Waals surface area contributed by atoms with Gasteiger partial charge in [0.1, 0.15) is 6.29 Å². The largest absolute Gasteiger partial charge is 0.400 e. The molecule has 0 spiro atoms. The van der Waals surface area contributed by atoms with Gasteiger partial charge < -0.3 is 4.79 Å². The summed E-state index contributed by atoms with van der Waals surface area (Å²) in [6.45, 7) is 2.93. The van der Waals surface area contributed by atoms with E-state index in [2.05, 4.69) is 14.9 Å². The number of carbonyl (C=O) groups is 1. The topological polar surface area (TPSA) is 69.7 Å². The Balaban J connectivity index is 3.71. The van der Waals surface area contributed by atoms with E-state index in [0.717, 1.165) is 0 Å². The molecule has 0 aliphatic carbocycles.